The third-order valence-corrected chi connectivity index (χ3v) is 5.01. The predicted molar refractivity (Wildman–Crippen MR) is 109 cm³/mol. The Hall–Kier alpha value is -1.75. The van der Waals surface area contributed by atoms with E-state index in [0.717, 1.165) is 43.7 Å². The lowest BCUT2D eigenvalue weighted by Gasteiger charge is -2.17. The third-order valence-electron chi connectivity index (χ3n) is 4.73. The van der Waals surface area contributed by atoms with E-state index in [4.69, 9.17) is 25.8 Å². The fraction of sp³-hybridized carbons (Fsp3) is 0.455. The average molecular weight is 390 g/mol. The number of hydrogen-bond acceptors (Lipinski definition) is 4. The van der Waals surface area contributed by atoms with Gasteiger partial charge in [-0.2, -0.15) is 0 Å². The molecule has 1 heterocycles. The Kier molecular flexibility index (Phi) is 7.39. The molecule has 0 radical (unpaired) electrons. The van der Waals surface area contributed by atoms with Crippen LogP contribution in [0, 0.1) is 6.92 Å². The molecule has 0 spiro atoms. The van der Waals surface area contributed by atoms with Crippen LogP contribution in [0.3, 0.4) is 0 Å². The van der Waals surface area contributed by atoms with E-state index in [1.54, 1.807) is 0 Å². The molecule has 4 nitrogen and oxygen atoms in total. The molecule has 1 atom stereocenters. The third kappa shape index (κ3) is 5.61. The zero-order chi connectivity index (χ0) is 19.1. The largest absolute Gasteiger partial charge is 0.490 e. The summed E-state index contributed by atoms with van der Waals surface area (Å²) < 4.78 is 17.5. The highest BCUT2D eigenvalue weighted by atomic mass is 35.5. The van der Waals surface area contributed by atoms with Crippen LogP contribution in [0.2, 0.25) is 5.02 Å². The number of benzene rings is 2. The van der Waals surface area contributed by atoms with E-state index in [9.17, 15) is 0 Å². The first-order chi connectivity index (χ1) is 13.2. The van der Waals surface area contributed by atoms with Crippen molar-refractivity contribution in [2.75, 3.05) is 19.8 Å². The lowest BCUT2D eigenvalue weighted by Crippen LogP contribution is -2.25. The van der Waals surface area contributed by atoms with E-state index in [1.807, 2.05) is 31.2 Å². The van der Waals surface area contributed by atoms with Gasteiger partial charge in [-0.1, -0.05) is 35.9 Å². The maximum absolute atomic E-state index is 6.52. The molecule has 146 valence electrons. The minimum absolute atomic E-state index is 0.323. The molecule has 1 N–H and O–H groups in total. The Labute approximate surface area is 166 Å². The van der Waals surface area contributed by atoms with Crippen LogP contribution in [-0.4, -0.2) is 25.9 Å². The molecule has 0 aliphatic carbocycles. The summed E-state index contributed by atoms with van der Waals surface area (Å²) in [5, 5.41) is 4.02. The zero-order valence-corrected chi connectivity index (χ0v) is 16.8. The molecule has 27 heavy (non-hydrogen) atoms. The van der Waals surface area contributed by atoms with Gasteiger partial charge in [0.05, 0.1) is 17.7 Å². The summed E-state index contributed by atoms with van der Waals surface area (Å²) in [6.45, 7) is 7.51. The van der Waals surface area contributed by atoms with E-state index in [0.29, 0.717) is 35.8 Å². The molecule has 1 aliphatic rings. The van der Waals surface area contributed by atoms with Crippen LogP contribution in [0.15, 0.2) is 36.4 Å². The molecule has 1 unspecified atom stereocenters. The molecule has 0 bridgehead atoms. The van der Waals surface area contributed by atoms with Gasteiger partial charge in [-0.15, -0.1) is 0 Å². The first-order valence-corrected chi connectivity index (χ1v) is 10.00. The highest BCUT2D eigenvalue weighted by molar-refractivity contribution is 6.32. The van der Waals surface area contributed by atoms with Crippen molar-refractivity contribution in [2.45, 2.75) is 45.9 Å². The Balaban J connectivity index is 1.66. The van der Waals surface area contributed by atoms with Gasteiger partial charge in [-0.25, -0.2) is 0 Å². The number of nitrogens with one attached hydrogen (secondary N) is 1. The van der Waals surface area contributed by atoms with Crippen molar-refractivity contribution in [3.05, 3.63) is 58.1 Å². The van der Waals surface area contributed by atoms with Gasteiger partial charge in [-0.3, -0.25) is 0 Å². The summed E-state index contributed by atoms with van der Waals surface area (Å²) in [6, 6.07) is 12.1. The summed E-state index contributed by atoms with van der Waals surface area (Å²) in [6.07, 6.45) is 2.60. The van der Waals surface area contributed by atoms with Crippen LogP contribution >= 0.6 is 11.6 Å². The molecule has 3 rings (SSSR count). The SMILES string of the molecule is CCOc1cc(CNCC2CCCO2)cc(Cl)c1OCc1ccccc1C. The number of aryl methyl sites for hydroxylation is 1. The number of hydrogen-bond donors (Lipinski definition) is 1. The van der Waals surface area contributed by atoms with Gasteiger partial charge < -0.3 is 19.5 Å². The van der Waals surface area contributed by atoms with Crippen molar-refractivity contribution in [3.63, 3.8) is 0 Å². The molecule has 2 aromatic rings. The predicted octanol–water partition coefficient (Wildman–Crippen LogP) is 4.89. The van der Waals surface area contributed by atoms with Gasteiger partial charge >= 0.3 is 0 Å². The van der Waals surface area contributed by atoms with Crippen LogP contribution in [0.1, 0.15) is 36.5 Å². The molecular weight excluding hydrogens is 362 g/mol. The highest BCUT2D eigenvalue weighted by Crippen LogP contribution is 2.37. The summed E-state index contributed by atoms with van der Waals surface area (Å²) in [5.74, 6) is 1.29. The van der Waals surface area contributed by atoms with Crippen molar-refractivity contribution in [1.29, 1.82) is 0 Å². The molecular formula is C22H28ClNO3. The van der Waals surface area contributed by atoms with E-state index in [2.05, 4.69) is 24.4 Å². The molecule has 0 aromatic heterocycles. The van der Waals surface area contributed by atoms with Crippen LogP contribution in [0.5, 0.6) is 11.5 Å². The number of rotatable bonds is 9. The van der Waals surface area contributed by atoms with Gasteiger partial charge in [0.2, 0.25) is 0 Å². The van der Waals surface area contributed by atoms with E-state index in [1.165, 1.54) is 5.56 Å². The lowest BCUT2D eigenvalue weighted by molar-refractivity contribution is 0.110. The van der Waals surface area contributed by atoms with E-state index in [-0.39, 0.29) is 0 Å². The van der Waals surface area contributed by atoms with E-state index >= 15 is 0 Å². The minimum atomic E-state index is 0.323. The zero-order valence-electron chi connectivity index (χ0n) is 16.1. The molecule has 0 saturated carbocycles. The standard InChI is InChI=1S/C22H28ClNO3/c1-3-25-21-12-17(13-24-14-19-9-6-10-26-19)11-20(23)22(21)27-15-18-8-5-4-7-16(18)2/h4-5,7-8,11-12,19,24H,3,6,9-10,13-15H2,1-2H3. The second-order valence-electron chi connectivity index (χ2n) is 6.82. The van der Waals surface area contributed by atoms with Crippen molar-refractivity contribution in [1.82, 2.24) is 5.32 Å². The second-order valence-corrected chi connectivity index (χ2v) is 7.23. The molecule has 1 saturated heterocycles. The van der Waals surface area contributed by atoms with Gasteiger partial charge in [-0.05, 0) is 55.5 Å². The van der Waals surface area contributed by atoms with Gasteiger partial charge in [0.15, 0.2) is 11.5 Å². The normalized spacial score (nSPS) is 16.5. The molecule has 0 amide bonds. The van der Waals surface area contributed by atoms with Gasteiger partial charge in [0, 0.05) is 19.7 Å². The first kappa shape index (κ1) is 20.0. The summed E-state index contributed by atoms with van der Waals surface area (Å²) in [4.78, 5) is 0. The summed E-state index contributed by atoms with van der Waals surface area (Å²) in [7, 11) is 0. The number of halogens is 1. The maximum Gasteiger partial charge on any atom is 0.180 e. The van der Waals surface area contributed by atoms with Crippen molar-refractivity contribution in [3.8, 4) is 11.5 Å². The highest BCUT2D eigenvalue weighted by Gasteiger charge is 2.16. The second kappa shape index (κ2) is 9.98. The first-order valence-electron chi connectivity index (χ1n) is 9.62. The molecule has 5 heteroatoms. The van der Waals surface area contributed by atoms with Crippen molar-refractivity contribution < 1.29 is 14.2 Å². The Bertz CT molecular complexity index is 744. The molecule has 1 aliphatic heterocycles. The topological polar surface area (TPSA) is 39.7 Å². The maximum atomic E-state index is 6.52. The van der Waals surface area contributed by atoms with Crippen molar-refractivity contribution >= 4 is 11.6 Å². The minimum Gasteiger partial charge on any atom is -0.490 e. The van der Waals surface area contributed by atoms with Crippen LogP contribution in [-0.2, 0) is 17.9 Å². The van der Waals surface area contributed by atoms with Crippen LogP contribution < -0.4 is 14.8 Å². The molecule has 1 fully saturated rings. The van der Waals surface area contributed by atoms with Gasteiger partial charge in [0.1, 0.15) is 6.61 Å². The summed E-state index contributed by atoms with van der Waals surface area (Å²) >= 11 is 6.52. The lowest BCUT2D eigenvalue weighted by atomic mass is 10.1. The summed E-state index contributed by atoms with van der Waals surface area (Å²) in [5.41, 5.74) is 3.41. The average Bonchev–Trinajstić information content (AvgIpc) is 3.16. The molecule has 2 aromatic carbocycles. The van der Waals surface area contributed by atoms with Crippen molar-refractivity contribution in [2.24, 2.45) is 0 Å². The fourth-order valence-electron chi connectivity index (χ4n) is 3.23. The van der Waals surface area contributed by atoms with E-state index < -0.39 is 0 Å². The Morgan fingerprint density at radius 1 is 1.22 bits per heavy atom. The van der Waals surface area contributed by atoms with Gasteiger partial charge in [0.25, 0.3) is 0 Å². The van der Waals surface area contributed by atoms with Crippen LogP contribution in [0.4, 0.5) is 0 Å². The quantitative estimate of drug-likeness (QED) is 0.662. The van der Waals surface area contributed by atoms with Crippen LogP contribution in [0.25, 0.3) is 0 Å². The monoisotopic (exact) mass is 389 g/mol. The fourth-order valence-corrected chi connectivity index (χ4v) is 3.52. The Morgan fingerprint density at radius 2 is 2.07 bits per heavy atom. The smallest absolute Gasteiger partial charge is 0.180 e. The Morgan fingerprint density at radius 3 is 2.81 bits per heavy atom. The number of ether oxygens (including phenoxy) is 3.